The monoisotopic (exact) mass is 351 g/mol. The van der Waals surface area contributed by atoms with Crippen LogP contribution in [0.3, 0.4) is 0 Å². The molecule has 1 heterocycles. The molecule has 1 fully saturated rings. The molecular formula is C13H18ClNO4S2. The first-order valence-corrected chi connectivity index (χ1v) is 10.5. The summed E-state index contributed by atoms with van der Waals surface area (Å²) in [5.74, 6) is 0.485. The van der Waals surface area contributed by atoms with E-state index in [4.69, 9.17) is 11.6 Å². The Hall–Kier alpha value is -0.630. The highest BCUT2D eigenvalue weighted by atomic mass is 35.5. The fourth-order valence-corrected chi connectivity index (χ4v) is 5.58. The van der Waals surface area contributed by atoms with Crippen LogP contribution in [0.15, 0.2) is 29.2 Å². The molecule has 0 aromatic heterocycles. The van der Waals surface area contributed by atoms with Crippen LogP contribution in [-0.4, -0.2) is 40.3 Å². The quantitative estimate of drug-likeness (QED) is 0.811. The molecule has 0 radical (unpaired) electrons. The topological polar surface area (TPSA) is 80.3 Å². The molecule has 0 aliphatic carbocycles. The van der Waals surface area contributed by atoms with E-state index >= 15 is 0 Å². The highest BCUT2D eigenvalue weighted by Gasteiger charge is 2.28. The second-order valence-electron chi connectivity index (χ2n) is 5.16. The van der Waals surface area contributed by atoms with Crippen molar-refractivity contribution < 1.29 is 16.8 Å². The first-order chi connectivity index (χ1) is 9.82. The van der Waals surface area contributed by atoms with Gasteiger partial charge in [0.05, 0.1) is 16.4 Å². The summed E-state index contributed by atoms with van der Waals surface area (Å²) < 4.78 is 50.1. The first-order valence-electron chi connectivity index (χ1n) is 6.70. The van der Waals surface area contributed by atoms with E-state index in [1.165, 1.54) is 12.1 Å². The van der Waals surface area contributed by atoms with E-state index in [1.807, 2.05) is 0 Å². The second-order valence-corrected chi connectivity index (χ2v) is 9.48. The van der Waals surface area contributed by atoms with Crippen molar-refractivity contribution in [3.63, 3.8) is 0 Å². The molecule has 1 aliphatic rings. The lowest BCUT2D eigenvalue weighted by Gasteiger charge is -2.22. The van der Waals surface area contributed by atoms with Gasteiger partial charge in [0.1, 0.15) is 0 Å². The summed E-state index contributed by atoms with van der Waals surface area (Å²) in [6.45, 7) is 0. The molecule has 1 unspecified atom stereocenters. The SMILES string of the molecule is O=S1(=O)CCCC(NS(=O)(=O)c2ccc(CCCl)cc2)C1. The molecule has 1 N–H and O–H groups in total. The van der Waals surface area contributed by atoms with Gasteiger partial charge in [-0.15, -0.1) is 11.6 Å². The van der Waals surface area contributed by atoms with E-state index in [-0.39, 0.29) is 16.4 Å². The molecule has 0 saturated carbocycles. The zero-order valence-electron chi connectivity index (χ0n) is 11.5. The summed E-state index contributed by atoms with van der Waals surface area (Å²) in [4.78, 5) is 0.142. The zero-order chi connectivity index (χ0) is 15.5. The maximum absolute atomic E-state index is 12.2. The van der Waals surface area contributed by atoms with Gasteiger partial charge < -0.3 is 0 Å². The van der Waals surface area contributed by atoms with Crippen molar-refractivity contribution in [2.24, 2.45) is 0 Å². The molecule has 1 saturated heterocycles. The Balaban J connectivity index is 2.11. The molecule has 1 atom stereocenters. The minimum absolute atomic E-state index is 0.128. The zero-order valence-corrected chi connectivity index (χ0v) is 13.8. The third-order valence-electron chi connectivity index (χ3n) is 3.40. The summed E-state index contributed by atoms with van der Waals surface area (Å²) >= 11 is 5.63. The molecule has 5 nitrogen and oxygen atoms in total. The highest BCUT2D eigenvalue weighted by Crippen LogP contribution is 2.16. The first kappa shape index (κ1) is 16.7. The van der Waals surface area contributed by atoms with Crippen LogP contribution < -0.4 is 4.72 Å². The van der Waals surface area contributed by atoms with Crippen molar-refractivity contribution in [3.05, 3.63) is 29.8 Å². The minimum atomic E-state index is -3.69. The van der Waals surface area contributed by atoms with Gasteiger partial charge in [-0.3, -0.25) is 0 Å². The van der Waals surface area contributed by atoms with Gasteiger partial charge in [0.15, 0.2) is 9.84 Å². The maximum Gasteiger partial charge on any atom is 0.240 e. The number of sulfone groups is 1. The van der Waals surface area contributed by atoms with Gasteiger partial charge in [-0.2, -0.15) is 0 Å². The van der Waals surface area contributed by atoms with Gasteiger partial charge in [-0.25, -0.2) is 21.6 Å². The second kappa shape index (κ2) is 6.64. The van der Waals surface area contributed by atoms with Crippen LogP contribution in [0.2, 0.25) is 0 Å². The summed E-state index contributed by atoms with van der Waals surface area (Å²) in [6.07, 6.45) is 1.71. The fourth-order valence-electron chi connectivity index (χ4n) is 2.35. The van der Waals surface area contributed by atoms with Crippen LogP contribution in [0.1, 0.15) is 18.4 Å². The summed E-state index contributed by atoms with van der Waals surface area (Å²) in [7, 11) is -6.83. The van der Waals surface area contributed by atoms with Crippen LogP contribution in [0.5, 0.6) is 0 Å². The van der Waals surface area contributed by atoms with Crippen molar-refractivity contribution >= 4 is 31.5 Å². The van der Waals surface area contributed by atoms with Gasteiger partial charge in [-0.05, 0) is 37.0 Å². The van der Waals surface area contributed by atoms with Crippen molar-refractivity contribution in [3.8, 4) is 0 Å². The van der Waals surface area contributed by atoms with Gasteiger partial charge in [0.25, 0.3) is 0 Å². The summed E-state index contributed by atoms with van der Waals surface area (Å²) in [6, 6.07) is 5.92. The molecule has 0 spiro atoms. The number of sulfonamides is 1. The Bertz CT molecular complexity index is 683. The Morgan fingerprint density at radius 2 is 1.90 bits per heavy atom. The molecule has 2 rings (SSSR count). The molecule has 0 amide bonds. The van der Waals surface area contributed by atoms with E-state index < -0.39 is 25.9 Å². The number of benzene rings is 1. The van der Waals surface area contributed by atoms with E-state index in [9.17, 15) is 16.8 Å². The van der Waals surface area contributed by atoms with Crippen molar-refractivity contribution in [1.29, 1.82) is 0 Å². The Kier molecular flexibility index (Phi) is 5.29. The third kappa shape index (κ3) is 4.67. The number of alkyl halides is 1. The Labute approximate surface area is 130 Å². The average molecular weight is 352 g/mol. The predicted octanol–water partition coefficient (Wildman–Crippen LogP) is 1.32. The number of nitrogens with one attached hydrogen (secondary N) is 1. The van der Waals surface area contributed by atoms with Gasteiger partial charge >= 0.3 is 0 Å². The standard InChI is InChI=1S/C13H18ClNO4S2/c14-8-7-11-3-5-13(6-4-11)21(18,19)15-12-2-1-9-20(16,17)10-12/h3-6,12,15H,1-2,7-10H2. The van der Waals surface area contributed by atoms with Gasteiger partial charge in [-0.1, -0.05) is 12.1 Å². The normalized spacial score (nSPS) is 22.0. The van der Waals surface area contributed by atoms with Crippen molar-refractivity contribution in [2.45, 2.75) is 30.2 Å². The van der Waals surface area contributed by atoms with Gasteiger partial charge in [0.2, 0.25) is 10.0 Å². The third-order valence-corrected chi connectivity index (χ3v) is 6.95. The van der Waals surface area contributed by atoms with E-state index in [0.717, 1.165) is 5.56 Å². The van der Waals surface area contributed by atoms with Gasteiger partial charge in [0, 0.05) is 11.9 Å². The molecule has 0 bridgehead atoms. The predicted molar refractivity (Wildman–Crippen MR) is 82.9 cm³/mol. The van der Waals surface area contributed by atoms with E-state index in [0.29, 0.717) is 25.1 Å². The summed E-state index contributed by atoms with van der Waals surface area (Å²) in [5.41, 5.74) is 0.962. The molecule has 118 valence electrons. The largest absolute Gasteiger partial charge is 0.240 e. The van der Waals surface area contributed by atoms with Crippen LogP contribution in [0.4, 0.5) is 0 Å². The average Bonchev–Trinajstić information content (AvgIpc) is 2.38. The van der Waals surface area contributed by atoms with Crippen LogP contribution in [0.25, 0.3) is 0 Å². The van der Waals surface area contributed by atoms with Crippen LogP contribution in [0, 0.1) is 0 Å². The van der Waals surface area contributed by atoms with Crippen LogP contribution >= 0.6 is 11.6 Å². The van der Waals surface area contributed by atoms with Crippen molar-refractivity contribution in [2.75, 3.05) is 17.4 Å². The summed E-state index contributed by atoms with van der Waals surface area (Å²) in [5, 5.41) is 0. The number of halogens is 1. The highest BCUT2D eigenvalue weighted by molar-refractivity contribution is 7.91. The Morgan fingerprint density at radius 3 is 2.48 bits per heavy atom. The maximum atomic E-state index is 12.2. The molecular weight excluding hydrogens is 334 g/mol. The molecule has 1 aromatic carbocycles. The number of rotatable bonds is 5. The lowest BCUT2D eigenvalue weighted by molar-refractivity contribution is 0.517. The van der Waals surface area contributed by atoms with Crippen LogP contribution in [-0.2, 0) is 26.3 Å². The van der Waals surface area contributed by atoms with E-state index in [1.54, 1.807) is 12.1 Å². The smallest absolute Gasteiger partial charge is 0.229 e. The molecule has 1 aromatic rings. The number of hydrogen-bond acceptors (Lipinski definition) is 4. The van der Waals surface area contributed by atoms with Crippen molar-refractivity contribution in [1.82, 2.24) is 4.72 Å². The number of hydrogen-bond donors (Lipinski definition) is 1. The lowest BCUT2D eigenvalue weighted by Crippen LogP contribution is -2.43. The minimum Gasteiger partial charge on any atom is -0.229 e. The number of aryl methyl sites for hydroxylation is 1. The Morgan fingerprint density at radius 1 is 1.24 bits per heavy atom. The molecule has 1 aliphatic heterocycles. The molecule has 8 heteroatoms. The molecule has 21 heavy (non-hydrogen) atoms. The van der Waals surface area contributed by atoms with E-state index in [2.05, 4.69) is 4.72 Å². The fraction of sp³-hybridized carbons (Fsp3) is 0.538. The lowest BCUT2D eigenvalue weighted by atomic mass is 10.2.